The molecule has 0 radical (unpaired) electrons. The Balaban J connectivity index is 1.77. The standard InChI is InChI=1S/C16H10Cl3N3O2S/c17-9-5-11(14(19)12(18)6-9)16-21-13(8-25-16)15(23)20-7-10-3-1-2-4-22(10)24/h1-6,8H,7H2,(H,20,23). The largest absolute Gasteiger partial charge is 0.618 e. The summed E-state index contributed by atoms with van der Waals surface area (Å²) in [6, 6.07) is 8.15. The molecular formula is C16H10Cl3N3O2S. The second-order valence-electron chi connectivity index (χ2n) is 4.99. The van der Waals surface area contributed by atoms with Crippen molar-refractivity contribution >= 4 is 52.0 Å². The van der Waals surface area contributed by atoms with Crippen LogP contribution >= 0.6 is 46.1 Å². The lowest BCUT2D eigenvalue weighted by Gasteiger charge is -2.05. The molecule has 2 heterocycles. The van der Waals surface area contributed by atoms with Gasteiger partial charge in [0.25, 0.3) is 5.91 Å². The Morgan fingerprint density at radius 2 is 2.08 bits per heavy atom. The molecule has 3 rings (SSSR count). The summed E-state index contributed by atoms with van der Waals surface area (Å²) >= 11 is 19.4. The molecule has 0 unspecified atom stereocenters. The maximum Gasteiger partial charge on any atom is 0.271 e. The molecule has 25 heavy (non-hydrogen) atoms. The van der Waals surface area contributed by atoms with E-state index in [9.17, 15) is 10.0 Å². The van der Waals surface area contributed by atoms with E-state index in [2.05, 4.69) is 10.3 Å². The summed E-state index contributed by atoms with van der Waals surface area (Å²) in [5.74, 6) is -0.393. The number of halogens is 3. The van der Waals surface area contributed by atoms with E-state index in [0.29, 0.717) is 36.1 Å². The molecule has 0 atom stereocenters. The van der Waals surface area contributed by atoms with E-state index in [1.807, 2.05) is 0 Å². The molecule has 1 aromatic carbocycles. The van der Waals surface area contributed by atoms with Crippen LogP contribution in [0.5, 0.6) is 0 Å². The van der Waals surface area contributed by atoms with Crippen LogP contribution in [0.15, 0.2) is 41.9 Å². The van der Waals surface area contributed by atoms with Gasteiger partial charge in [-0.25, -0.2) is 4.98 Å². The molecule has 9 heteroatoms. The quantitative estimate of drug-likeness (QED) is 0.392. The summed E-state index contributed by atoms with van der Waals surface area (Å²) in [5, 5.41) is 17.4. The summed E-state index contributed by atoms with van der Waals surface area (Å²) in [4.78, 5) is 16.5. The highest BCUT2D eigenvalue weighted by Gasteiger charge is 2.16. The molecule has 3 aromatic rings. The van der Waals surface area contributed by atoms with E-state index in [-0.39, 0.29) is 12.2 Å². The average Bonchev–Trinajstić information content (AvgIpc) is 3.07. The number of aromatic nitrogens is 2. The summed E-state index contributed by atoms with van der Waals surface area (Å²) in [6.45, 7) is 0.0970. The van der Waals surface area contributed by atoms with Gasteiger partial charge in [0.15, 0.2) is 6.20 Å². The smallest absolute Gasteiger partial charge is 0.271 e. The van der Waals surface area contributed by atoms with Crippen molar-refractivity contribution < 1.29 is 9.52 Å². The van der Waals surface area contributed by atoms with Crippen molar-refractivity contribution in [1.29, 1.82) is 0 Å². The number of rotatable bonds is 4. The van der Waals surface area contributed by atoms with E-state index in [1.165, 1.54) is 23.6 Å². The fourth-order valence-electron chi connectivity index (χ4n) is 2.08. The molecule has 0 aliphatic heterocycles. The molecule has 0 saturated heterocycles. The molecular weight excluding hydrogens is 405 g/mol. The number of benzene rings is 1. The van der Waals surface area contributed by atoms with Crippen molar-refractivity contribution in [2.75, 3.05) is 0 Å². The fraction of sp³-hybridized carbons (Fsp3) is 0.0625. The maximum absolute atomic E-state index is 12.2. The molecule has 0 aliphatic rings. The zero-order valence-electron chi connectivity index (χ0n) is 12.5. The van der Waals surface area contributed by atoms with Crippen LogP contribution in [0.1, 0.15) is 16.2 Å². The maximum atomic E-state index is 12.2. The van der Waals surface area contributed by atoms with E-state index < -0.39 is 5.91 Å². The van der Waals surface area contributed by atoms with Gasteiger partial charge in [0.1, 0.15) is 17.2 Å². The number of pyridine rings is 1. The van der Waals surface area contributed by atoms with Crippen LogP contribution in [0.3, 0.4) is 0 Å². The topological polar surface area (TPSA) is 68.9 Å². The number of carbonyl (C=O) groups is 1. The van der Waals surface area contributed by atoms with E-state index in [4.69, 9.17) is 34.8 Å². The van der Waals surface area contributed by atoms with E-state index in [0.717, 1.165) is 0 Å². The number of hydrogen-bond acceptors (Lipinski definition) is 4. The first kappa shape index (κ1) is 17.9. The summed E-state index contributed by atoms with van der Waals surface area (Å²) < 4.78 is 0.695. The van der Waals surface area contributed by atoms with Gasteiger partial charge in [-0.15, -0.1) is 11.3 Å². The van der Waals surface area contributed by atoms with E-state index >= 15 is 0 Å². The Hall–Kier alpha value is -1.86. The highest BCUT2D eigenvalue weighted by Crippen LogP contribution is 2.37. The third-order valence-corrected chi connectivity index (χ3v) is 5.19. The zero-order chi connectivity index (χ0) is 18.0. The Kier molecular flexibility index (Phi) is 5.44. The highest BCUT2D eigenvalue weighted by molar-refractivity contribution is 7.13. The van der Waals surface area contributed by atoms with Crippen molar-refractivity contribution in [1.82, 2.24) is 10.3 Å². The monoisotopic (exact) mass is 413 g/mol. The molecule has 2 aromatic heterocycles. The Labute approximate surface area is 162 Å². The molecule has 0 saturated carbocycles. The number of hydrogen-bond donors (Lipinski definition) is 1. The van der Waals surface area contributed by atoms with Gasteiger partial charge in [0.05, 0.1) is 10.0 Å². The minimum absolute atomic E-state index is 0.0970. The van der Waals surface area contributed by atoms with Crippen molar-refractivity contribution in [3.8, 4) is 10.6 Å². The van der Waals surface area contributed by atoms with Crippen molar-refractivity contribution in [3.05, 3.63) is 73.6 Å². The predicted octanol–water partition coefficient (Wildman–Crippen LogP) is 4.33. The number of nitrogens with zero attached hydrogens (tertiary/aromatic N) is 2. The van der Waals surface area contributed by atoms with Crippen molar-refractivity contribution in [3.63, 3.8) is 0 Å². The molecule has 0 aliphatic carbocycles. The van der Waals surface area contributed by atoms with Crippen molar-refractivity contribution in [2.24, 2.45) is 0 Å². The van der Waals surface area contributed by atoms with Gasteiger partial charge >= 0.3 is 0 Å². The normalized spacial score (nSPS) is 10.7. The number of thiazole rings is 1. The lowest BCUT2D eigenvalue weighted by atomic mass is 10.2. The molecule has 1 amide bonds. The molecule has 0 spiro atoms. The van der Waals surface area contributed by atoms with Gasteiger partial charge in [0, 0.05) is 28.1 Å². The lowest BCUT2D eigenvalue weighted by Crippen LogP contribution is -2.35. The van der Waals surface area contributed by atoms with Crippen LogP contribution in [0.2, 0.25) is 15.1 Å². The number of nitrogens with one attached hydrogen (secondary N) is 1. The molecule has 0 bridgehead atoms. The van der Waals surface area contributed by atoms with Crippen LogP contribution in [-0.2, 0) is 6.54 Å². The second-order valence-corrected chi connectivity index (χ2v) is 7.07. The van der Waals surface area contributed by atoms with Gasteiger partial charge in [-0.05, 0) is 18.2 Å². The number of amides is 1. The Morgan fingerprint density at radius 1 is 1.28 bits per heavy atom. The van der Waals surface area contributed by atoms with Crippen LogP contribution in [0.25, 0.3) is 10.6 Å². The Bertz CT molecular complexity index is 946. The fourth-order valence-corrected chi connectivity index (χ4v) is 3.65. The number of carbonyl (C=O) groups excluding carboxylic acids is 1. The average molecular weight is 415 g/mol. The van der Waals surface area contributed by atoms with Gasteiger partial charge in [-0.1, -0.05) is 34.8 Å². The Morgan fingerprint density at radius 3 is 2.84 bits per heavy atom. The molecule has 1 N–H and O–H groups in total. The molecule has 128 valence electrons. The molecule has 0 fully saturated rings. The van der Waals surface area contributed by atoms with E-state index in [1.54, 1.807) is 29.6 Å². The highest BCUT2D eigenvalue weighted by atomic mass is 35.5. The minimum Gasteiger partial charge on any atom is -0.618 e. The van der Waals surface area contributed by atoms with Gasteiger partial charge in [-0.2, -0.15) is 4.73 Å². The van der Waals surface area contributed by atoms with Crippen LogP contribution in [-0.4, -0.2) is 10.9 Å². The summed E-state index contributed by atoms with van der Waals surface area (Å²) in [7, 11) is 0. The van der Waals surface area contributed by atoms with Crippen LogP contribution in [0.4, 0.5) is 0 Å². The van der Waals surface area contributed by atoms with Gasteiger partial charge < -0.3 is 10.5 Å². The van der Waals surface area contributed by atoms with Crippen molar-refractivity contribution in [2.45, 2.75) is 6.54 Å². The lowest BCUT2D eigenvalue weighted by molar-refractivity contribution is -0.614. The third-order valence-electron chi connectivity index (χ3n) is 3.29. The third kappa shape index (κ3) is 4.04. The first-order valence-electron chi connectivity index (χ1n) is 7.01. The van der Waals surface area contributed by atoms with Gasteiger partial charge in [0.2, 0.25) is 5.69 Å². The second kappa shape index (κ2) is 7.58. The zero-order valence-corrected chi connectivity index (χ0v) is 15.6. The SMILES string of the molecule is O=C(NCc1cccc[n+]1[O-])c1csc(-c2cc(Cl)cc(Cl)c2Cl)n1. The van der Waals surface area contributed by atoms with Gasteiger partial charge in [-0.3, -0.25) is 4.79 Å². The predicted molar refractivity (Wildman–Crippen MR) is 99.2 cm³/mol. The summed E-state index contributed by atoms with van der Waals surface area (Å²) in [5.41, 5.74) is 1.21. The molecule has 5 nitrogen and oxygen atoms in total. The van der Waals surface area contributed by atoms with Crippen LogP contribution < -0.4 is 10.0 Å². The summed E-state index contributed by atoms with van der Waals surface area (Å²) in [6.07, 6.45) is 1.37. The first-order chi connectivity index (χ1) is 12.0. The minimum atomic E-state index is -0.393. The first-order valence-corrected chi connectivity index (χ1v) is 9.03. The van der Waals surface area contributed by atoms with Crippen LogP contribution in [0, 0.1) is 5.21 Å².